The highest BCUT2D eigenvalue weighted by molar-refractivity contribution is 6.61. The van der Waals surface area contributed by atoms with Crippen molar-refractivity contribution in [3.05, 3.63) is 29.3 Å². The molecule has 0 aliphatic carbocycles. The average molecular weight is 178 g/mol. The fourth-order valence-electron chi connectivity index (χ4n) is 1.38. The van der Waals surface area contributed by atoms with Crippen molar-refractivity contribution in [3.63, 3.8) is 0 Å². The van der Waals surface area contributed by atoms with Crippen molar-refractivity contribution in [1.82, 2.24) is 0 Å². The molecule has 0 atom stereocenters. The van der Waals surface area contributed by atoms with Crippen LogP contribution in [0.2, 0.25) is 0 Å². The molecule has 0 radical (unpaired) electrons. The second-order valence-corrected chi connectivity index (χ2v) is 3.09. The zero-order chi connectivity index (χ0) is 9.84. The van der Waals surface area contributed by atoms with Crippen LogP contribution in [0.1, 0.15) is 11.1 Å². The van der Waals surface area contributed by atoms with Crippen LogP contribution in [0.25, 0.3) is 0 Å². The molecule has 1 aromatic carbocycles. The minimum Gasteiger partial charge on any atom is -0.410 e. The van der Waals surface area contributed by atoms with Gasteiger partial charge in [0.05, 0.1) is 0 Å². The molecule has 0 heterocycles. The topological polar surface area (TPSA) is 18.5 Å². The number of hydrogen-bond acceptors (Lipinski definition) is 2. The van der Waals surface area contributed by atoms with Gasteiger partial charge in [0.2, 0.25) is 0 Å². The number of benzene rings is 1. The van der Waals surface area contributed by atoms with Crippen LogP contribution in [-0.4, -0.2) is 21.3 Å². The van der Waals surface area contributed by atoms with E-state index in [1.807, 2.05) is 12.1 Å². The summed E-state index contributed by atoms with van der Waals surface area (Å²) in [7, 11) is 3.05. The fourth-order valence-corrected chi connectivity index (χ4v) is 1.38. The molecule has 0 spiro atoms. The summed E-state index contributed by atoms with van der Waals surface area (Å²) in [6.45, 7) is 4.16. The van der Waals surface area contributed by atoms with E-state index in [0.29, 0.717) is 0 Å². The summed E-state index contributed by atoms with van der Waals surface area (Å²) in [5.74, 6) is 0. The standard InChI is InChI=1S/C10H15BO2/c1-8-6-5-7-10(9(8)2)11(12-3)13-4/h5-7H,1-4H3. The van der Waals surface area contributed by atoms with Crippen molar-refractivity contribution < 1.29 is 9.31 Å². The van der Waals surface area contributed by atoms with Gasteiger partial charge in [-0.25, -0.2) is 0 Å². The van der Waals surface area contributed by atoms with Crippen LogP contribution in [0.5, 0.6) is 0 Å². The number of aryl methyl sites for hydroxylation is 1. The minimum atomic E-state index is -0.250. The van der Waals surface area contributed by atoms with Gasteiger partial charge in [-0.05, 0) is 30.4 Å². The zero-order valence-electron chi connectivity index (χ0n) is 8.63. The first-order valence-corrected chi connectivity index (χ1v) is 4.32. The Kier molecular flexibility index (Phi) is 3.52. The van der Waals surface area contributed by atoms with E-state index in [0.717, 1.165) is 5.46 Å². The molecule has 2 nitrogen and oxygen atoms in total. The summed E-state index contributed by atoms with van der Waals surface area (Å²) in [4.78, 5) is 0. The van der Waals surface area contributed by atoms with Crippen molar-refractivity contribution in [2.75, 3.05) is 14.2 Å². The van der Waals surface area contributed by atoms with Crippen molar-refractivity contribution >= 4 is 12.6 Å². The van der Waals surface area contributed by atoms with Gasteiger partial charge in [0.1, 0.15) is 0 Å². The first-order chi connectivity index (χ1) is 6.20. The minimum absolute atomic E-state index is 0.250. The molecule has 0 aliphatic heterocycles. The smallest absolute Gasteiger partial charge is 0.410 e. The van der Waals surface area contributed by atoms with Gasteiger partial charge in [-0.1, -0.05) is 18.2 Å². The summed E-state index contributed by atoms with van der Waals surface area (Å²) in [5.41, 5.74) is 3.60. The van der Waals surface area contributed by atoms with Gasteiger partial charge in [-0.2, -0.15) is 0 Å². The van der Waals surface area contributed by atoms with Crippen LogP contribution < -0.4 is 5.46 Å². The molecule has 0 bridgehead atoms. The molecule has 0 aliphatic rings. The maximum absolute atomic E-state index is 5.20. The molecule has 0 unspecified atom stereocenters. The quantitative estimate of drug-likeness (QED) is 0.649. The predicted octanol–water partition coefficient (Wildman–Crippen LogP) is 1.29. The van der Waals surface area contributed by atoms with Gasteiger partial charge in [0.15, 0.2) is 0 Å². The Labute approximate surface area is 80.0 Å². The molecule has 0 fully saturated rings. The molecule has 3 heteroatoms. The lowest BCUT2D eigenvalue weighted by Gasteiger charge is -2.12. The summed E-state index contributed by atoms with van der Waals surface area (Å²) in [6.07, 6.45) is 0. The second-order valence-electron chi connectivity index (χ2n) is 3.09. The normalized spacial score (nSPS) is 10.2. The van der Waals surface area contributed by atoms with Crippen molar-refractivity contribution in [1.29, 1.82) is 0 Å². The molecule has 0 saturated heterocycles. The molecule has 70 valence electrons. The maximum Gasteiger partial charge on any atom is 0.493 e. The number of rotatable bonds is 3. The highest BCUT2D eigenvalue weighted by Crippen LogP contribution is 2.04. The van der Waals surface area contributed by atoms with Crippen molar-refractivity contribution in [2.24, 2.45) is 0 Å². The van der Waals surface area contributed by atoms with Crippen LogP contribution in [-0.2, 0) is 9.31 Å². The molecule has 0 saturated carbocycles. The maximum atomic E-state index is 5.20. The third-order valence-corrected chi connectivity index (χ3v) is 2.33. The molecule has 1 rings (SSSR count). The van der Waals surface area contributed by atoms with E-state index in [1.165, 1.54) is 11.1 Å². The van der Waals surface area contributed by atoms with E-state index in [-0.39, 0.29) is 7.12 Å². The monoisotopic (exact) mass is 178 g/mol. The largest absolute Gasteiger partial charge is 0.493 e. The van der Waals surface area contributed by atoms with E-state index in [2.05, 4.69) is 19.9 Å². The van der Waals surface area contributed by atoms with Crippen LogP contribution in [0.3, 0.4) is 0 Å². The van der Waals surface area contributed by atoms with E-state index in [1.54, 1.807) is 14.2 Å². The Morgan fingerprint density at radius 2 is 1.69 bits per heavy atom. The predicted molar refractivity (Wildman–Crippen MR) is 55.3 cm³/mol. The summed E-state index contributed by atoms with van der Waals surface area (Å²) >= 11 is 0. The molecule has 1 aromatic rings. The third kappa shape index (κ3) is 2.11. The average Bonchev–Trinajstić information content (AvgIpc) is 2.14. The lowest BCUT2D eigenvalue weighted by Crippen LogP contribution is -2.36. The van der Waals surface area contributed by atoms with Gasteiger partial charge < -0.3 is 9.31 Å². The summed E-state index contributed by atoms with van der Waals surface area (Å²) in [5, 5.41) is 0. The highest BCUT2D eigenvalue weighted by Gasteiger charge is 2.20. The highest BCUT2D eigenvalue weighted by atomic mass is 16.6. The fraction of sp³-hybridized carbons (Fsp3) is 0.400. The Morgan fingerprint density at radius 3 is 2.23 bits per heavy atom. The lowest BCUT2D eigenvalue weighted by molar-refractivity contribution is 0.291. The van der Waals surface area contributed by atoms with E-state index in [9.17, 15) is 0 Å². The third-order valence-electron chi connectivity index (χ3n) is 2.33. The molecular formula is C10H15BO2. The Morgan fingerprint density at radius 1 is 1.08 bits per heavy atom. The van der Waals surface area contributed by atoms with E-state index < -0.39 is 0 Å². The van der Waals surface area contributed by atoms with E-state index in [4.69, 9.17) is 9.31 Å². The van der Waals surface area contributed by atoms with Crippen molar-refractivity contribution in [2.45, 2.75) is 13.8 Å². The van der Waals surface area contributed by atoms with Gasteiger partial charge in [-0.3, -0.25) is 0 Å². The molecule has 0 amide bonds. The molecule has 0 aromatic heterocycles. The van der Waals surface area contributed by atoms with Gasteiger partial charge in [0.25, 0.3) is 0 Å². The first kappa shape index (κ1) is 10.3. The van der Waals surface area contributed by atoms with Gasteiger partial charge in [-0.15, -0.1) is 0 Å². The van der Waals surface area contributed by atoms with Crippen LogP contribution in [0.4, 0.5) is 0 Å². The lowest BCUT2D eigenvalue weighted by atomic mass is 9.75. The van der Waals surface area contributed by atoms with Crippen LogP contribution in [0, 0.1) is 13.8 Å². The first-order valence-electron chi connectivity index (χ1n) is 4.32. The Balaban J connectivity index is 3.05. The van der Waals surface area contributed by atoms with Gasteiger partial charge in [0, 0.05) is 14.2 Å². The number of hydrogen-bond donors (Lipinski definition) is 0. The summed E-state index contributed by atoms with van der Waals surface area (Å²) < 4.78 is 10.4. The van der Waals surface area contributed by atoms with Crippen LogP contribution in [0.15, 0.2) is 18.2 Å². The Bertz CT molecular complexity index is 282. The van der Waals surface area contributed by atoms with E-state index >= 15 is 0 Å². The Hall–Kier alpha value is -0.795. The molecule has 0 N–H and O–H groups in total. The summed E-state index contributed by atoms with van der Waals surface area (Å²) in [6, 6.07) is 6.13. The second kappa shape index (κ2) is 4.44. The molecule has 13 heavy (non-hydrogen) atoms. The van der Waals surface area contributed by atoms with Crippen molar-refractivity contribution in [3.8, 4) is 0 Å². The van der Waals surface area contributed by atoms with Gasteiger partial charge >= 0.3 is 7.12 Å². The SMILES string of the molecule is COB(OC)c1cccc(C)c1C. The zero-order valence-corrected chi connectivity index (χ0v) is 8.63. The molecular weight excluding hydrogens is 163 g/mol. The van der Waals surface area contributed by atoms with Crippen LogP contribution >= 0.6 is 0 Å².